The molecule has 1 aromatic carbocycles. The zero-order valence-corrected chi connectivity index (χ0v) is 23.2. The third-order valence-corrected chi connectivity index (χ3v) is 4.42. The Labute approximate surface area is 214 Å². The second-order valence-corrected chi connectivity index (χ2v) is 12.1. The average molecular weight is 508 g/mol. The fraction of sp³-hybridized carbons (Fsp3) is 0.630. The molecule has 0 radical (unpaired) electrons. The van der Waals surface area contributed by atoms with Gasteiger partial charge in [0.1, 0.15) is 11.6 Å². The molecule has 1 N–H and O–H groups in total. The van der Waals surface area contributed by atoms with Gasteiger partial charge in [0.15, 0.2) is 11.5 Å². The maximum Gasteiger partial charge on any atom is 0.408 e. The van der Waals surface area contributed by atoms with E-state index >= 15 is 0 Å². The Bertz CT molecular complexity index is 948. The molecule has 0 aliphatic carbocycles. The van der Waals surface area contributed by atoms with Crippen molar-refractivity contribution in [1.82, 2.24) is 5.32 Å². The summed E-state index contributed by atoms with van der Waals surface area (Å²) >= 11 is 0. The van der Waals surface area contributed by atoms with Gasteiger partial charge in [-0.1, -0.05) is 47.6 Å². The number of hydrogen-bond donors (Lipinski definition) is 1. The molecule has 0 aliphatic heterocycles. The summed E-state index contributed by atoms with van der Waals surface area (Å²) in [5, 5.41) is 2.51. The van der Waals surface area contributed by atoms with E-state index in [1.54, 1.807) is 26.8 Å². The van der Waals surface area contributed by atoms with Gasteiger partial charge in [-0.3, -0.25) is 9.59 Å². The van der Waals surface area contributed by atoms with E-state index in [1.165, 1.54) is 19.2 Å². The van der Waals surface area contributed by atoms with Crippen molar-refractivity contribution in [3.05, 3.63) is 23.8 Å². The second kappa shape index (κ2) is 12.2. The van der Waals surface area contributed by atoms with E-state index in [9.17, 15) is 19.2 Å². The highest BCUT2D eigenvalue weighted by molar-refractivity contribution is 5.82. The monoisotopic (exact) mass is 507 g/mol. The van der Waals surface area contributed by atoms with Gasteiger partial charge in [-0.15, -0.1) is 0 Å². The number of ether oxygens (including phenoxy) is 4. The van der Waals surface area contributed by atoms with Gasteiger partial charge in [-0.2, -0.15) is 0 Å². The van der Waals surface area contributed by atoms with E-state index in [0.29, 0.717) is 5.56 Å². The van der Waals surface area contributed by atoms with Crippen molar-refractivity contribution in [2.75, 3.05) is 7.11 Å². The summed E-state index contributed by atoms with van der Waals surface area (Å²) in [6.07, 6.45) is -0.458. The van der Waals surface area contributed by atoms with Crippen molar-refractivity contribution < 1.29 is 38.1 Å². The lowest BCUT2D eigenvalue weighted by Gasteiger charge is -2.23. The second-order valence-electron chi connectivity index (χ2n) is 12.1. The van der Waals surface area contributed by atoms with Crippen LogP contribution in [0, 0.1) is 10.8 Å². The average Bonchev–Trinajstić information content (AvgIpc) is 2.64. The van der Waals surface area contributed by atoms with Crippen molar-refractivity contribution in [3.8, 4) is 11.5 Å². The van der Waals surface area contributed by atoms with Gasteiger partial charge in [0.25, 0.3) is 0 Å². The number of methoxy groups -OCH3 is 1. The molecule has 9 nitrogen and oxygen atoms in total. The third-order valence-electron chi connectivity index (χ3n) is 4.42. The quantitative estimate of drug-likeness (QED) is 0.387. The molecule has 202 valence electrons. The largest absolute Gasteiger partial charge is 0.467 e. The predicted octanol–water partition coefficient (Wildman–Crippen LogP) is 4.98. The first-order valence-electron chi connectivity index (χ1n) is 11.9. The minimum absolute atomic E-state index is 0.0198. The number of hydrogen-bond acceptors (Lipinski definition) is 8. The van der Waals surface area contributed by atoms with E-state index in [0.717, 1.165) is 0 Å². The fourth-order valence-corrected chi connectivity index (χ4v) is 3.05. The molecule has 1 rings (SSSR count). The molecule has 0 saturated carbocycles. The van der Waals surface area contributed by atoms with Crippen LogP contribution in [-0.4, -0.2) is 42.8 Å². The number of rotatable bonds is 8. The summed E-state index contributed by atoms with van der Waals surface area (Å²) in [7, 11) is 1.21. The number of alkyl carbamates (subject to hydrolysis) is 1. The normalized spacial score (nSPS) is 12.8. The molecule has 1 aromatic rings. The highest BCUT2D eigenvalue weighted by atomic mass is 16.6. The van der Waals surface area contributed by atoms with Gasteiger partial charge in [-0.05, 0) is 49.3 Å². The Morgan fingerprint density at radius 1 is 0.806 bits per heavy atom. The maximum atomic E-state index is 12.6. The Morgan fingerprint density at radius 2 is 1.31 bits per heavy atom. The molecule has 0 aliphatic rings. The Morgan fingerprint density at radius 3 is 1.75 bits per heavy atom. The number of carbonyl (C=O) groups excluding carboxylic acids is 4. The molecule has 0 unspecified atom stereocenters. The minimum Gasteiger partial charge on any atom is -0.467 e. The van der Waals surface area contributed by atoms with Crippen LogP contribution >= 0.6 is 0 Å². The molecule has 0 aromatic heterocycles. The van der Waals surface area contributed by atoms with Crippen molar-refractivity contribution in [1.29, 1.82) is 0 Å². The summed E-state index contributed by atoms with van der Waals surface area (Å²) in [6, 6.07) is 3.56. The Kier molecular flexibility index (Phi) is 10.5. The van der Waals surface area contributed by atoms with Gasteiger partial charge < -0.3 is 24.3 Å². The van der Waals surface area contributed by atoms with E-state index < -0.39 is 35.6 Å². The van der Waals surface area contributed by atoms with Crippen LogP contribution in [0.15, 0.2) is 18.2 Å². The lowest BCUT2D eigenvalue weighted by Crippen LogP contribution is -2.45. The first-order chi connectivity index (χ1) is 16.3. The van der Waals surface area contributed by atoms with Gasteiger partial charge in [-0.25, -0.2) is 9.59 Å². The topological polar surface area (TPSA) is 117 Å². The summed E-state index contributed by atoms with van der Waals surface area (Å²) in [6.45, 7) is 16.5. The Hall–Kier alpha value is -3.10. The van der Waals surface area contributed by atoms with E-state index in [2.05, 4.69) is 5.32 Å². The smallest absolute Gasteiger partial charge is 0.408 e. The molecule has 0 bridgehead atoms. The van der Waals surface area contributed by atoms with Crippen molar-refractivity contribution in [3.63, 3.8) is 0 Å². The number of amides is 1. The molecule has 0 saturated heterocycles. The molecule has 0 spiro atoms. The Balaban J connectivity index is 3.24. The van der Waals surface area contributed by atoms with Gasteiger partial charge in [0.05, 0.1) is 20.0 Å². The van der Waals surface area contributed by atoms with Crippen molar-refractivity contribution in [2.24, 2.45) is 10.8 Å². The van der Waals surface area contributed by atoms with E-state index in [-0.39, 0.29) is 41.6 Å². The molecule has 36 heavy (non-hydrogen) atoms. The van der Waals surface area contributed by atoms with Crippen LogP contribution < -0.4 is 14.8 Å². The van der Waals surface area contributed by atoms with Gasteiger partial charge >= 0.3 is 24.0 Å². The lowest BCUT2D eigenvalue weighted by atomic mass is 9.92. The first-order valence-corrected chi connectivity index (χ1v) is 11.9. The lowest BCUT2D eigenvalue weighted by molar-refractivity contribution is -0.143. The minimum atomic E-state index is -1.06. The highest BCUT2D eigenvalue weighted by Crippen LogP contribution is 2.32. The van der Waals surface area contributed by atoms with Crippen LogP contribution in [0.3, 0.4) is 0 Å². The van der Waals surface area contributed by atoms with Crippen LogP contribution in [-0.2, 0) is 30.3 Å². The molecule has 1 amide bonds. The molecular weight excluding hydrogens is 466 g/mol. The van der Waals surface area contributed by atoms with Gasteiger partial charge in [0, 0.05) is 6.42 Å². The summed E-state index contributed by atoms with van der Waals surface area (Å²) in [5.74, 6) is -1.51. The number of carbonyl (C=O) groups is 4. The molecular formula is C27H41NO8. The maximum absolute atomic E-state index is 12.6. The zero-order chi connectivity index (χ0) is 27.9. The number of benzene rings is 1. The molecule has 9 heteroatoms. The third kappa shape index (κ3) is 12.6. The van der Waals surface area contributed by atoms with Crippen LogP contribution in [0.25, 0.3) is 0 Å². The van der Waals surface area contributed by atoms with Crippen LogP contribution in [0.5, 0.6) is 11.5 Å². The van der Waals surface area contributed by atoms with E-state index in [4.69, 9.17) is 18.9 Å². The predicted molar refractivity (Wildman–Crippen MR) is 135 cm³/mol. The van der Waals surface area contributed by atoms with Crippen LogP contribution in [0.4, 0.5) is 4.79 Å². The van der Waals surface area contributed by atoms with Crippen molar-refractivity contribution >= 4 is 24.0 Å². The zero-order valence-electron chi connectivity index (χ0n) is 23.2. The first kappa shape index (κ1) is 30.9. The summed E-state index contributed by atoms with van der Waals surface area (Å²) in [5.41, 5.74) is -0.820. The van der Waals surface area contributed by atoms with Crippen molar-refractivity contribution in [2.45, 2.75) is 93.2 Å². The molecule has 0 fully saturated rings. The number of esters is 3. The van der Waals surface area contributed by atoms with Gasteiger partial charge in [0.2, 0.25) is 0 Å². The summed E-state index contributed by atoms with van der Waals surface area (Å²) in [4.78, 5) is 49.6. The van der Waals surface area contributed by atoms with Crippen LogP contribution in [0.2, 0.25) is 0 Å². The fourth-order valence-electron chi connectivity index (χ4n) is 3.05. The standard InChI is InChI=1S/C27H41NO8/c1-25(2,3)15-21(29)34-19-12-11-17(14-20(19)35-22(30)16-26(4,5)6)13-18(23(31)33-10)28-24(32)36-27(7,8)9/h11-12,14,18H,13,15-16H2,1-10H3,(H,28,32)/t18-/m0/s1. The van der Waals surface area contributed by atoms with Crippen LogP contribution in [0.1, 0.15) is 80.7 Å². The highest BCUT2D eigenvalue weighted by Gasteiger charge is 2.27. The SMILES string of the molecule is COC(=O)[C@H](Cc1ccc(OC(=O)CC(C)(C)C)c(OC(=O)CC(C)(C)C)c1)NC(=O)OC(C)(C)C. The molecule has 0 heterocycles. The summed E-state index contributed by atoms with van der Waals surface area (Å²) < 4.78 is 21.1. The molecule has 1 atom stereocenters. The number of nitrogens with one attached hydrogen (secondary N) is 1. The van der Waals surface area contributed by atoms with E-state index in [1.807, 2.05) is 41.5 Å².